The average Bonchev–Trinajstić information content (AvgIpc) is 3.01. The molecule has 0 bridgehead atoms. The smallest absolute Gasteiger partial charge is 0.254 e. The van der Waals surface area contributed by atoms with Crippen LogP contribution in [0.1, 0.15) is 11.3 Å². The summed E-state index contributed by atoms with van der Waals surface area (Å²) in [6.45, 7) is 4.01. The number of aryl methyl sites for hydroxylation is 2. The molecule has 0 unspecified atom stereocenters. The van der Waals surface area contributed by atoms with E-state index in [1.54, 1.807) is 4.52 Å². The lowest BCUT2D eigenvalue weighted by Crippen LogP contribution is -2.02. The van der Waals surface area contributed by atoms with Gasteiger partial charge >= 0.3 is 0 Å². The van der Waals surface area contributed by atoms with Crippen LogP contribution in [0, 0.1) is 13.8 Å². The summed E-state index contributed by atoms with van der Waals surface area (Å²) >= 11 is 5.96. The highest BCUT2D eigenvalue weighted by atomic mass is 35.5. The van der Waals surface area contributed by atoms with Crippen LogP contribution in [0.3, 0.4) is 0 Å². The van der Waals surface area contributed by atoms with Crippen molar-refractivity contribution in [3.8, 4) is 11.4 Å². The Morgan fingerprint density at radius 3 is 2.36 bits per heavy atom. The largest absolute Gasteiger partial charge is 0.340 e. The highest BCUT2D eigenvalue weighted by Gasteiger charge is 2.11. The minimum Gasteiger partial charge on any atom is -0.340 e. The molecule has 0 saturated heterocycles. The standard InChI is InChI=1S/C19H16ClN5/c1-12-3-9-16(10-4-12)22-17-11-13(2)21-19-23-18(24-25(17)19)14-5-7-15(20)8-6-14/h3-11,22H,1-2H3. The van der Waals surface area contributed by atoms with Crippen molar-refractivity contribution in [2.45, 2.75) is 13.8 Å². The molecule has 0 fully saturated rings. The fourth-order valence-electron chi connectivity index (χ4n) is 2.58. The van der Waals surface area contributed by atoms with E-state index in [9.17, 15) is 0 Å². The van der Waals surface area contributed by atoms with E-state index >= 15 is 0 Å². The van der Waals surface area contributed by atoms with Crippen molar-refractivity contribution in [3.63, 3.8) is 0 Å². The highest BCUT2D eigenvalue weighted by molar-refractivity contribution is 6.30. The molecule has 0 amide bonds. The molecule has 4 aromatic rings. The highest BCUT2D eigenvalue weighted by Crippen LogP contribution is 2.22. The van der Waals surface area contributed by atoms with Gasteiger partial charge in [0, 0.05) is 28.0 Å². The average molecular weight is 350 g/mol. The Labute approximate surface area is 150 Å². The second kappa shape index (κ2) is 6.18. The van der Waals surface area contributed by atoms with Gasteiger partial charge in [-0.05, 0) is 50.2 Å². The Bertz CT molecular complexity index is 1040. The monoisotopic (exact) mass is 349 g/mol. The van der Waals surface area contributed by atoms with E-state index in [1.807, 2.05) is 49.4 Å². The van der Waals surface area contributed by atoms with Gasteiger partial charge in [-0.15, -0.1) is 5.10 Å². The van der Waals surface area contributed by atoms with Gasteiger partial charge in [-0.2, -0.15) is 9.50 Å². The van der Waals surface area contributed by atoms with Crippen LogP contribution in [0.4, 0.5) is 11.5 Å². The van der Waals surface area contributed by atoms with E-state index in [-0.39, 0.29) is 0 Å². The van der Waals surface area contributed by atoms with Gasteiger partial charge in [0.1, 0.15) is 5.82 Å². The number of hydrogen-bond acceptors (Lipinski definition) is 4. The van der Waals surface area contributed by atoms with Crippen LogP contribution in [-0.4, -0.2) is 19.6 Å². The van der Waals surface area contributed by atoms with Crippen LogP contribution >= 0.6 is 11.6 Å². The Kier molecular flexibility index (Phi) is 3.86. The number of nitrogens with zero attached hydrogens (tertiary/aromatic N) is 4. The van der Waals surface area contributed by atoms with E-state index in [1.165, 1.54) is 5.56 Å². The van der Waals surface area contributed by atoms with Crippen molar-refractivity contribution in [1.29, 1.82) is 0 Å². The molecule has 0 aliphatic carbocycles. The van der Waals surface area contributed by atoms with Gasteiger partial charge in [0.2, 0.25) is 0 Å². The molecular weight excluding hydrogens is 334 g/mol. The molecule has 25 heavy (non-hydrogen) atoms. The normalized spacial score (nSPS) is 11.0. The number of hydrogen-bond donors (Lipinski definition) is 1. The van der Waals surface area contributed by atoms with Crippen LogP contribution in [0.25, 0.3) is 17.2 Å². The summed E-state index contributed by atoms with van der Waals surface area (Å²) < 4.78 is 1.72. The number of fused-ring (bicyclic) bond motifs is 1. The summed E-state index contributed by atoms with van der Waals surface area (Å²) in [5.74, 6) is 1.99. The Morgan fingerprint density at radius 1 is 0.920 bits per heavy atom. The molecule has 5 nitrogen and oxygen atoms in total. The third kappa shape index (κ3) is 3.19. The lowest BCUT2D eigenvalue weighted by molar-refractivity contribution is 0.940. The fourth-order valence-corrected chi connectivity index (χ4v) is 2.71. The second-order valence-electron chi connectivity index (χ2n) is 5.93. The molecule has 6 heteroatoms. The number of nitrogens with one attached hydrogen (secondary N) is 1. The maximum atomic E-state index is 5.96. The molecule has 0 saturated carbocycles. The van der Waals surface area contributed by atoms with Gasteiger partial charge in [-0.1, -0.05) is 29.3 Å². The predicted octanol–water partition coefficient (Wildman–Crippen LogP) is 4.81. The SMILES string of the molecule is Cc1ccc(Nc2cc(C)nc3nc(-c4ccc(Cl)cc4)nn23)cc1. The summed E-state index contributed by atoms with van der Waals surface area (Å²) in [4.78, 5) is 9.03. The molecule has 0 radical (unpaired) electrons. The van der Waals surface area contributed by atoms with Crippen molar-refractivity contribution in [2.24, 2.45) is 0 Å². The minimum atomic E-state index is 0.555. The molecule has 0 aliphatic heterocycles. The number of benzene rings is 2. The van der Waals surface area contributed by atoms with Gasteiger partial charge in [-0.25, -0.2) is 4.98 Å². The van der Waals surface area contributed by atoms with Gasteiger partial charge in [0.15, 0.2) is 5.82 Å². The third-order valence-electron chi connectivity index (χ3n) is 3.87. The number of anilines is 2. The molecule has 1 N–H and O–H groups in total. The zero-order chi connectivity index (χ0) is 17.4. The molecule has 0 aliphatic rings. The third-order valence-corrected chi connectivity index (χ3v) is 4.12. The minimum absolute atomic E-state index is 0.555. The van der Waals surface area contributed by atoms with Crippen LogP contribution in [0.15, 0.2) is 54.6 Å². The molecule has 2 aromatic heterocycles. The zero-order valence-corrected chi connectivity index (χ0v) is 14.6. The van der Waals surface area contributed by atoms with Gasteiger partial charge in [0.25, 0.3) is 5.78 Å². The van der Waals surface area contributed by atoms with Gasteiger partial charge in [0.05, 0.1) is 0 Å². The first-order valence-electron chi connectivity index (χ1n) is 7.92. The van der Waals surface area contributed by atoms with Crippen LogP contribution in [0.5, 0.6) is 0 Å². The summed E-state index contributed by atoms with van der Waals surface area (Å²) in [7, 11) is 0. The fraction of sp³-hybridized carbons (Fsp3) is 0.105. The molecule has 4 rings (SSSR count). The van der Waals surface area contributed by atoms with E-state index in [0.717, 1.165) is 22.8 Å². The number of rotatable bonds is 3. The van der Waals surface area contributed by atoms with Crippen molar-refractivity contribution < 1.29 is 0 Å². The Morgan fingerprint density at radius 2 is 1.64 bits per heavy atom. The van der Waals surface area contributed by atoms with Crippen molar-refractivity contribution in [3.05, 3.63) is 70.9 Å². The van der Waals surface area contributed by atoms with E-state index in [2.05, 4.69) is 39.4 Å². The number of halogens is 1. The molecule has 0 atom stereocenters. The van der Waals surface area contributed by atoms with Crippen LogP contribution in [-0.2, 0) is 0 Å². The van der Waals surface area contributed by atoms with Gasteiger partial charge in [-0.3, -0.25) is 0 Å². The van der Waals surface area contributed by atoms with E-state index < -0.39 is 0 Å². The quantitative estimate of drug-likeness (QED) is 0.577. The summed E-state index contributed by atoms with van der Waals surface area (Å²) in [6.07, 6.45) is 0. The zero-order valence-electron chi connectivity index (χ0n) is 13.9. The van der Waals surface area contributed by atoms with Crippen molar-refractivity contribution in [2.75, 3.05) is 5.32 Å². The maximum Gasteiger partial charge on any atom is 0.254 e. The second-order valence-corrected chi connectivity index (χ2v) is 6.36. The van der Waals surface area contributed by atoms with Crippen molar-refractivity contribution in [1.82, 2.24) is 19.6 Å². The molecule has 2 aromatic carbocycles. The Hall–Kier alpha value is -2.92. The van der Waals surface area contributed by atoms with Gasteiger partial charge < -0.3 is 5.32 Å². The van der Waals surface area contributed by atoms with Crippen LogP contribution in [0.2, 0.25) is 5.02 Å². The number of aromatic nitrogens is 4. The summed E-state index contributed by atoms with van der Waals surface area (Å²) in [6, 6.07) is 17.6. The van der Waals surface area contributed by atoms with E-state index in [4.69, 9.17) is 11.6 Å². The lowest BCUT2D eigenvalue weighted by atomic mass is 10.2. The first-order valence-corrected chi connectivity index (χ1v) is 8.30. The molecule has 124 valence electrons. The molecular formula is C19H16ClN5. The predicted molar refractivity (Wildman–Crippen MR) is 100 cm³/mol. The van der Waals surface area contributed by atoms with Crippen LogP contribution < -0.4 is 5.32 Å². The molecule has 0 spiro atoms. The summed E-state index contributed by atoms with van der Waals surface area (Å²) in [5, 5.41) is 8.68. The first kappa shape index (κ1) is 15.6. The first-order chi connectivity index (χ1) is 12.1. The van der Waals surface area contributed by atoms with E-state index in [0.29, 0.717) is 16.6 Å². The molecule has 2 heterocycles. The topological polar surface area (TPSA) is 55.1 Å². The van der Waals surface area contributed by atoms with Crippen molar-refractivity contribution >= 4 is 28.9 Å². The Balaban J connectivity index is 1.78. The maximum absolute atomic E-state index is 5.96. The summed E-state index contributed by atoms with van der Waals surface area (Å²) in [5.41, 5.74) is 3.97. The lowest BCUT2D eigenvalue weighted by Gasteiger charge is -2.08.